The summed E-state index contributed by atoms with van der Waals surface area (Å²) in [4.78, 5) is 0. The van der Waals surface area contributed by atoms with Gasteiger partial charge < -0.3 is 34.2 Å². The van der Waals surface area contributed by atoms with Gasteiger partial charge in [-0.15, -0.1) is 0 Å². The lowest BCUT2D eigenvalue weighted by atomic mass is 10.2. The van der Waals surface area contributed by atoms with E-state index in [1.54, 1.807) is 6.07 Å². The van der Waals surface area contributed by atoms with Gasteiger partial charge in [0.2, 0.25) is 0 Å². The molecular formula is C23H33NO6. The first-order valence-corrected chi connectivity index (χ1v) is 10.3. The van der Waals surface area contributed by atoms with Crippen LogP contribution < -0.4 is 10.5 Å². The van der Waals surface area contributed by atoms with E-state index in [4.69, 9.17) is 34.2 Å². The number of nitrogens with two attached hydrogens (primary N) is 1. The topological polar surface area (TPSA) is 81.4 Å². The number of hydrogen-bond acceptors (Lipinski definition) is 7. The van der Waals surface area contributed by atoms with Gasteiger partial charge in [-0.3, -0.25) is 0 Å². The van der Waals surface area contributed by atoms with Crippen LogP contribution in [0, 0.1) is 0 Å². The van der Waals surface area contributed by atoms with E-state index in [2.05, 4.69) is 0 Å². The van der Waals surface area contributed by atoms with Crippen LogP contribution in [0.1, 0.15) is 5.56 Å². The summed E-state index contributed by atoms with van der Waals surface area (Å²) in [6, 6.07) is 17.5. The van der Waals surface area contributed by atoms with Crippen LogP contribution in [0.4, 0.5) is 5.69 Å². The van der Waals surface area contributed by atoms with Crippen molar-refractivity contribution in [2.24, 2.45) is 0 Å². The van der Waals surface area contributed by atoms with E-state index in [9.17, 15) is 0 Å². The standard InChI is InChI=1S/C23H33NO6/c24-22-8-4-5-9-23(22)30-19-18-28-15-14-26-11-10-25-12-13-27-16-17-29-20-21-6-2-1-3-7-21/h1-9H,10-20,24H2. The molecule has 0 aliphatic rings. The summed E-state index contributed by atoms with van der Waals surface area (Å²) in [5.41, 5.74) is 7.59. The normalized spacial score (nSPS) is 10.9. The maximum absolute atomic E-state index is 5.80. The summed E-state index contributed by atoms with van der Waals surface area (Å²) in [6.45, 7) is 5.86. The van der Waals surface area contributed by atoms with Crippen LogP contribution in [-0.4, -0.2) is 66.1 Å². The molecule has 0 unspecified atom stereocenters. The molecule has 0 bridgehead atoms. The number of anilines is 1. The number of para-hydroxylation sites is 2. The lowest BCUT2D eigenvalue weighted by molar-refractivity contribution is -0.0139. The first kappa shape index (κ1) is 24.1. The van der Waals surface area contributed by atoms with E-state index in [0.717, 1.165) is 5.56 Å². The second kappa shape index (κ2) is 16.6. The fraction of sp³-hybridized carbons (Fsp3) is 0.478. The van der Waals surface area contributed by atoms with Crippen molar-refractivity contribution in [3.63, 3.8) is 0 Å². The quantitative estimate of drug-likeness (QED) is 0.294. The third-order valence-electron chi connectivity index (χ3n) is 4.00. The molecule has 0 atom stereocenters. The Bertz CT molecular complexity index is 655. The molecule has 166 valence electrons. The molecule has 7 nitrogen and oxygen atoms in total. The second-order valence-corrected chi connectivity index (χ2v) is 6.37. The van der Waals surface area contributed by atoms with Crippen LogP contribution in [0.15, 0.2) is 54.6 Å². The third kappa shape index (κ3) is 11.7. The van der Waals surface area contributed by atoms with E-state index in [-0.39, 0.29) is 0 Å². The lowest BCUT2D eigenvalue weighted by Gasteiger charge is -2.09. The minimum Gasteiger partial charge on any atom is -0.489 e. The zero-order valence-electron chi connectivity index (χ0n) is 17.5. The second-order valence-electron chi connectivity index (χ2n) is 6.37. The average molecular weight is 420 g/mol. The number of rotatable bonds is 18. The predicted molar refractivity (Wildman–Crippen MR) is 116 cm³/mol. The van der Waals surface area contributed by atoms with Gasteiger partial charge in [0, 0.05) is 0 Å². The highest BCUT2D eigenvalue weighted by atomic mass is 16.6. The molecule has 0 fully saturated rings. The van der Waals surface area contributed by atoms with Crippen LogP contribution in [0.3, 0.4) is 0 Å². The predicted octanol–water partition coefficient (Wildman–Crippen LogP) is 2.93. The molecule has 2 N–H and O–H groups in total. The minimum absolute atomic E-state index is 0.453. The Labute approximate surface area is 179 Å². The minimum atomic E-state index is 0.453. The SMILES string of the molecule is Nc1ccccc1OCCOCCOCCOCCOCCOCc1ccccc1. The van der Waals surface area contributed by atoms with Crippen molar-refractivity contribution in [3.8, 4) is 5.75 Å². The molecule has 30 heavy (non-hydrogen) atoms. The molecule has 0 aliphatic carbocycles. The summed E-state index contributed by atoms with van der Waals surface area (Å²) in [7, 11) is 0. The van der Waals surface area contributed by atoms with Crippen molar-refractivity contribution in [1.82, 2.24) is 0 Å². The maximum Gasteiger partial charge on any atom is 0.142 e. The van der Waals surface area contributed by atoms with Gasteiger partial charge in [-0.2, -0.15) is 0 Å². The fourth-order valence-electron chi connectivity index (χ4n) is 2.47. The lowest BCUT2D eigenvalue weighted by Crippen LogP contribution is -2.14. The Hall–Kier alpha value is -2.16. The third-order valence-corrected chi connectivity index (χ3v) is 4.00. The molecule has 0 saturated heterocycles. The van der Waals surface area contributed by atoms with Gasteiger partial charge in [-0.05, 0) is 17.7 Å². The Morgan fingerprint density at radius 2 is 0.967 bits per heavy atom. The first-order chi connectivity index (χ1) is 14.9. The summed E-state index contributed by atoms with van der Waals surface area (Å²) in [5, 5.41) is 0. The van der Waals surface area contributed by atoms with Crippen molar-refractivity contribution < 1.29 is 28.4 Å². The fourth-order valence-corrected chi connectivity index (χ4v) is 2.47. The highest BCUT2D eigenvalue weighted by Crippen LogP contribution is 2.19. The van der Waals surface area contributed by atoms with Gasteiger partial charge in [-0.25, -0.2) is 0 Å². The van der Waals surface area contributed by atoms with E-state index in [0.29, 0.717) is 84.1 Å². The Morgan fingerprint density at radius 1 is 0.500 bits per heavy atom. The zero-order valence-corrected chi connectivity index (χ0v) is 17.5. The maximum atomic E-state index is 5.80. The molecular weight excluding hydrogens is 386 g/mol. The van der Waals surface area contributed by atoms with Gasteiger partial charge in [0.1, 0.15) is 12.4 Å². The van der Waals surface area contributed by atoms with E-state index in [1.807, 2.05) is 48.5 Å². The molecule has 7 heteroatoms. The highest BCUT2D eigenvalue weighted by molar-refractivity contribution is 5.51. The van der Waals surface area contributed by atoms with Crippen LogP contribution in [0.2, 0.25) is 0 Å². The Morgan fingerprint density at radius 3 is 1.53 bits per heavy atom. The summed E-state index contributed by atoms with van der Waals surface area (Å²) < 4.78 is 32.9. The van der Waals surface area contributed by atoms with Crippen molar-refractivity contribution in [2.75, 3.05) is 71.8 Å². The summed E-state index contributed by atoms with van der Waals surface area (Å²) in [5.74, 6) is 0.679. The largest absolute Gasteiger partial charge is 0.489 e. The van der Waals surface area contributed by atoms with E-state index in [1.165, 1.54) is 0 Å². The molecule has 0 amide bonds. The van der Waals surface area contributed by atoms with Crippen LogP contribution in [0.5, 0.6) is 5.75 Å². The van der Waals surface area contributed by atoms with Gasteiger partial charge in [-0.1, -0.05) is 42.5 Å². The Kier molecular flexibility index (Phi) is 13.4. The number of benzene rings is 2. The average Bonchev–Trinajstić information content (AvgIpc) is 2.78. The van der Waals surface area contributed by atoms with Crippen LogP contribution in [-0.2, 0) is 30.3 Å². The molecule has 2 rings (SSSR count). The monoisotopic (exact) mass is 419 g/mol. The molecule has 2 aromatic rings. The van der Waals surface area contributed by atoms with Gasteiger partial charge >= 0.3 is 0 Å². The number of nitrogen functional groups attached to an aromatic ring is 1. The summed E-state index contributed by atoms with van der Waals surface area (Å²) in [6.07, 6.45) is 0. The van der Waals surface area contributed by atoms with Gasteiger partial charge in [0.15, 0.2) is 0 Å². The Balaban J connectivity index is 1.26. The van der Waals surface area contributed by atoms with Crippen molar-refractivity contribution in [3.05, 3.63) is 60.2 Å². The van der Waals surface area contributed by atoms with Crippen molar-refractivity contribution in [1.29, 1.82) is 0 Å². The summed E-state index contributed by atoms with van der Waals surface area (Å²) >= 11 is 0. The van der Waals surface area contributed by atoms with Gasteiger partial charge in [0.05, 0.1) is 71.8 Å². The van der Waals surface area contributed by atoms with E-state index >= 15 is 0 Å². The number of hydrogen-bond donors (Lipinski definition) is 1. The molecule has 0 heterocycles. The van der Waals surface area contributed by atoms with Gasteiger partial charge in [0.25, 0.3) is 0 Å². The van der Waals surface area contributed by atoms with Crippen LogP contribution >= 0.6 is 0 Å². The molecule has 2 aromatic carbocycles. The highest BCUT2D eigenvalue weighted by Gasteiger charge is 1.98. The smallest absolute Gasteiger partial charge is 0.142 e. The van der Waals surface area contributed by atoms with Crippen molar-refractivity contribution in [2.45, 2.75) is 6.61 Å². The molecule has 0 radical (unpaired) electrons. The molecule has 0 spiro atoms. The van der Waals surface area contributed by atoms with E-state index < -0.39 is 0 Å². The number of ether oxygens (including phenoxy) is 6. The molecule has 0 aliphatic heterocycles. The molecule has 0 aromatic heterocycles. The van der Waals surface area contributed by atoms with Crippen LogP contribution in [0.25, 0.3) is 0 Å². The molecule has 0 saturated carbocycles. The first-order valence-electron chi connectivity index (χ1n) is 10.3. The van der Waals surface area contributed by atoms with Crippen molar-refractivity contribution >= 4 is 5.69 Å². The zero-order chi connectivity index (χ0) is 21.1.